The van der Waals surface area contributed by atoms with Crippen molar-refractivity contribution in [2.24, 2.45) is 0 Å². The summed E-state index contributed by atoms with van der Waals surface area (Å²) >= 11 is 0. The summed E-state index contributed by atoms with van der Waals surface area (Å²) in [6.45, 7) is -0.259. The lowest BCUT2D eigenvalue weighted by atomic mass is 10.2. The summed E-state index contributed by atoms with van der Waals surface area (Å²) in [5.41, 5.74) is 1.22. The smallest absolute Gasteiger partial charge is 0.411 e. The number of carbonyl (C=O) groups is 1. The Morgan fingerprint density at radius 2 is 2.39 bits per heavy atom. The molecule has 94 valence electrons. The second-order valence-electron chi connectivity index (χ2n) is 3.31. The Labute approximate surface area is 102 Å². The number of nitrogens with one attached hydrogen (secondary N) is 1. The molecule has 1 heterocycles. The fraction of sp³-hybridized carbons (Fsp3) is 0.182. The van der Waals surface area contributed by atoms with Crippen LogP contribution >= 0.6 is 0 Å². The number of nitrogens with zero attached hydrogens (tertiary/aromatic N) is 2. The van der Waals surface area contributed by atoms with Crippen LogP contribution in [0.15, 0.2) is 35.1 Å². The van der Waals surface area contributed by atoms with Crippen LogP contribution < -0.4 is 5.32 Å². The largest absolute Gasteiger partial charge is 0.447 e. The molecule has 0 unspecified atom stereocenters. The van der Waals surface area contributed by atoms with E-state index in [2.05, 4.69) is 20.3 Å². The molecule has 0 spiro atoms. The van der Waals surface area contributed by atoms with E-state index < -0.39 is 6.09 Å². The standard InChI is InChI=1S/C11H11N3O4/c15-4-5-17-11(16)13-9-3-1-2-8(6-9)10-14-12-7-18-10/h1-3,6-7,15H,4-5H2,(H,13,16). The van der Waals surface area contributed by atoms with Crippen molar-refractivity contribution in [2.45, 2.75) is 0 Å². The molecule has 1 amide bonds. The number of hydrogen-bond donors (Lipinski definition) is 2. The van der Waals surface area contributed by atoms with Gasteiger partial charge in [-0.3, -0.25) is 5.32 Å². The summed E-state index contributed by atoms with van der Waals surface area (Å²) < 4.78 is 9.72. The lowest BCUT2D eigenvalue weighted by molar-refractivity contribution is 0.131. The van der Waals surface area contributed by atoms with E-state index in [1.807, 2.05) is 0 Å². The SMILES string of the molecule is O=C(Nc1cccc(-c2nnco2)c1)OCCO. The third-order valence-electron chi connectivity index (χ3n) is 2.04. The van der Waals surface area contributed by atoms with E-state index in [0.717, 1.165) is 0 Å². The molecule has 2 N–H and O–H groups in total. The van der Waals surface area contributed by atoms with Crippen LogP contribution in [0.3, 0.4) is 0 Å². The van der Waals surface area contributed by atoms with Crippen molar-refractivity contribution in [1.29, 1.82) is 0 Å². The molecule has 0 aliphatic rings. The van der Waals surface area contributed by atoms with Crippen LogP contribution in [0, 0.1) is 0 Å². The molecule has 0 saturated carbocycles. The van der Waals surface area contributed by atoms with E-state index >= 15 is 0 Å². The van der Waals surface area contributed by atoms with Gasteiger partial charge in [-0.2, -0.15) is 0 Å². The maximum Gasteiger partial charge on any atom is 0.411 e. The number of aromatic nitrogens is 2. The fourth-order valence-corrected chi connectivity index (χ4v) is 1.32. The molecule has 1 aromatic carbocycles. The van der Waals surface area contributed by atoms with E-state index in [-0.39, 0.29) is 13.2 Å². The third-order valence-corrected chi connectivity index (χ3v) is 2.04. The number of carbonyl (C=O) groups excluding carboxylic acids is 1. The topological polar surface area (TPSA) is 97.5 Å². The molecular weight excluding hydrogens is 238 g/mol. The highest BCUT2D eigenvalue weighted by Gasteiger charge is 2.06. The Bertz CT molecular complexity index is 513. The average molecular weight is 249 g/mol. The van der Waals surface area contributed by atoms with Crippen LogP contribution in [0.25, 0.3) is 11.5 Å². The maximum atomic E-state index is 11.3. The van der Waals surface area contributed by atoms with Gasteiger partial charge in [0.25, 0.3) is 0 Å². The van der Waals surface area contributed by atoms with Crippen molar-refractivity contribution in [3.8, 4) is 11.5 Å². The zero-order valence-corrected chi connectivity index (χ0v) is 9.37. The monoisotopic (exact) mass is 249 g/mol. The average Bonchev–Trinajstić information content (AvgIpc) is 2.90. The first kappa shape index (κ1) is 12.1. The normalized spacial score (nSPS) is 10.1. The molecule has 2 aromatic rings. The van der Waals surface area contributed by atoms with E-state index in [1.165, 1.54) is 6.39 Å². The zero-order chi connectivity index (χ0) is 12.8. The van der Waals surface area contributed by atoms with Crippen molar-refractivity contribution in [1.82, 2.24) is 10.2 Å². The van der Waals surface area contributed by atoms with Crippen LogP contribution in [-0.4, -0.2) is 34.6 Å². The Hall–Kier alpha value is -2.41. The molecule has 0 aliphatic carbocycles. The summed E-state index contributed by atoms with van der Waals surface area (Å²) in [6.07, 6.45) is 0.594. The Morgan fingerprint density at radius 1 is 1.50 bits per heavy atom. The number of amides is 1. The van der Waals surface area contributed by atoms with Crippen molar-refractivity contribution < 1.29 is 19.1 Å². The first-order chi connectivity index (χ1) is 8.79. The molecule has 7 nitrogen and oxygen atoms in total. The van der Waals surface area contributed by atoms with Crippen LogP contribution in [0.5, 0.6) is 0 Å². The van der Waals surface area contributed by atoms with Gasteiger partial charge in [0.2, 0.25) is 12.3 Å². The van der Waals surface area contributed by atoms with Gasteiger partial charge < -0.3 is 14.3 Å². The Kier molecular flexibility index (Phi) is 3.87. The van der Waals surface area contributed by atoms with Crippen molar-refractivity contribution in [2.75, 3.05) is 18.5 Å². The van der Waals surface area contributed by atoms with Crippen LogP contribution in [0.1, 0.15) is 0 Å². The van der Waals surface area contributed by atoms with Crippen LogP contribution in [0.4, 0.5) is 10.5 Å². The highest BCUT2D eigenvalue weighted by atomic mass is 16.6. The van der Waals surface area contributed by atoms with E-state index in [9.17, 15) is 4.79 Å². The molecule has 0 radical (unpaired) electrons. The van der Waals surface area contributed by atoms with Gasteiger partial charge in [0.05, 0.1) is 6.61 Å². The fourth-order valence-electron chi connectivity index (χ4n) is 1.32. The van der Waals surface area contributed by atoms with Gasteiger partial charge >= 0.3 is 6.09 Å². The lowest BCUT2D eigenvalue weighted by Gasteiger charge is -2.06. The quantitative estimate of drug-likeness (QED) is 0.847. The van der Waals surface area contributed by atoms with Crippen molar-refractivity contribution >= 4 is 11.8 Å². The first-order valence-corrected chi connectivity index (χ1v) is 5.21. The minimum atomic E-state index is -0.633. The lowest BCUT2D eigenvalue weighted by Crippen LogP contribution is -2.15. The predicted molar refractivity (Wildman–Crippen MR) is 61.8 cm³/mol. The zero-order valence-electron chi connectivity index (χ0n) is 9.37. The summed E-state index contributed by atoms with van der Waals surface area (Å²) in [6, 6.07) is 6.88. The summed E-state index contributed by atoms with van der Waals surface area (Å²) in [5.74, 6) is 0.363. The third kappa shape index (κ3) is 3.05. The Balaban J connectivity index is 2.06. The number of aliphatic hydroxyl groups is 1. The number of anilines is 1. The molecule has 1 aromatic heterocycles. The second kappa shape index (κ2) is 5.78. The van der Waals surface area contributed by atoms with Gasteiger partial charge in [-0.15, -0.1) is 10.2 Å². The predicted octanol–water partition coefficient (Wildman–Crippen LogP) is 1.28. The Morgan fingerprint density at radius 3 is 3.11 bits per heavy atom. The van der Waals surface area contributed by atoms with Crippen molar-refractivity contribution in [3.63, 3.8) is 0 Å². The number of benzene rings is 1. The molecule has 2 rings (SSSR count). The summed E-state index contributed by atoms with van der Waals surface area (Å²) in [4.78, 5) is 11.3. The summed E-state index contributed by atoms with van der Waals surface area (Å²) in [7, 11) is 0. The number of aliphatic hydroxyl groups excluding tert-OH is 1. The van der Waals surface area contributed by atoms with Crippen molar-refractivity contribution in [3.05, 3.63) is 30.7 Å². The highest BCUT2D eigenvalue weighted by Crippen LogP contribution is 2.20. The molecule has 0 aliphatic heterocycles. The van der Waals surface area contributed by atoms with E-state index in [0.29, 0.717) is 17.1 Å². The second-order valence-corrected chi connectivity index (χ2v) is 3.31. The van der Waals surface area contributed by atoms with Gasteiger partial charge in [-0.05, 0) is 18.2 Å². The number of hydrogen-bond acceptors (Lipinski definition) is 6. The minimum Gasteiger partial charge on any atom is -0.447 e. The van der Waals surface area contributed by atoms with Crippen LogP contribution in [-0.2, 0) is 4.74 Å². The first-order valence-electron chi connectivity index (χ1n) is 5.21. The van der Waals surface area contributed by atoms with E-state index in [1.54, 1.807) is 24.3 Å². The molecular formula is C11H11N3O4. The van der Waals surface area contributed by atoms with E-state index in [4.69, 9.17) is 9.52 Å². The van der Waals surface area contributed by atoms with Gasteiger partial charge in [0.15, 0.2) is 0 Å². The summed E-state index contributed by atoms with van der Waals surface area (Å²) in [5, 5.41) is 18.4. The number of rotatable bonds is 4. The number of ether oxygens (including phenoxy) is 1. The molecule has 0 atom stereocenters. The van der Waals surface area contributed by atoms with Gasteiger partial charge in [0.1, 0.15) is 6.61 Å². The van der Waals surface area contributed by atoms with Gasteiger partial charge in [-0.1, -0.05) is 6.07 Å². The molecule has 0 fully saturated rings. The molecule has 0 saturated heterocycles. The van der Waals surface area contributed by atoms with Gasteiger partial charge in [-0.25, -0.2) is 4.79 Å². The highest BCUT2D eigenvalue weighted by molar-refractivity contribution is 5.85. The van der Waals surface area contributed by atoms with Crippen LogP contribution in [0.2, 0.25) is 0 Å². The molecule has 7 heteroatoms. The molecule has 0 bridgehead atoms. The maximum absolute atomic E-state index is 11.3. The molecule has 18 heavy (non-hydrogen) atoms. The minimum absolute atomic E-state index is 0.0464. The van der Waals surface area contributed by atoms with Gasteiger partial charge in [0, 0.05) is 11.3 Å².